The van der Waals surface area contributed by atoms with E-state index in [-0.39, 0.29) is 17.5 Å². The van der Waals surface area contributed by atoms with Crippen molar-refractivity contribution in [3.8, 4) is 0 Å². The van der Waals surface area contributed by atoms with Crippen LogP contribution in [0.3, 0.4) is 0 Å². The van der Waals surface area contributed by atoms with E-state index in [4.69, 9.17) is 11.6 Å². The highest BCUT2D eigenvalue weighted by Gasteiger charge is 2.39. The third-order valence-corrected chi connectivity index (χ3v) is 5.68. The number of nitrogens with one attached hydrogen (secondary N) is 2. The first-order valence-electron chi connectivity index (χ1n) is 9.51. The molecule has 2 aromatic rings. The summed E-state index contributed by atoms with van der Waals surface area (Å²) in [5, 5.41) is 6.59. The fourth-order valence-electron chi connectivity index (χ4n) is 4.04. The topological polar surface area (TPSA) is 58.2 Å². The van der Waals surface area contributed by atoms with E-state index < -0.39 is 5.92 Å². The molecule has 29 heavy (non-hydrogen) atoms. The van der Waals surface area contributed by atoms with Gasteiger partial charge in [0.15, 0.2) is 5.78 Å². The van der Waals surface area contributed by atoms with Crippen molar-refractivity contribution in [3.63, 3.8) is 0 Å². The second kappa shape index (κ2) is 7.84. The van der Waals surface area contributed by atoms with Crippen molar-refractivity contribution in [2.75, 3.05) is 5.32 Å². The van der Waals surface area contributed by atoms with Crippen molar-refractivity contribution in [1.82, 2.24) is 5.32 Å². The van der Waals surface area contributed by atoms with Crippen molar-refractivity contribution in [2.45, 2.75) is 32.1 Å². The highest BCUT2D eigenvalue weighted by Crippen LogP contribution is 2.44. The largest absolute Gasteiger partial charge is 0.362 e. The molecule has 4 nitrogen and oxygen atoms in total. The summed E-state index contributed by atoms with van der Waals surface area (Å²) in [7, 11) is 0. The standard InChI is InChI=1S/C23H20ClFN2O2/c1-13-20(23(29)27-15-11-9-14(25)10-12-15)21(16-5-2-3-6-17(16)24)22-18(26-13)7-4-8-19(22)28/h2-3,5-6,9-12,21,26H,4,7-8H2,1H3,(H,27,29). The maximum atomic E-state index is 13.3. The van der Waals surface area contributed by atoms with Crippen LogP contribution < -0.4 is 10.6 Å². The summed E-state index contributed by atoms with van der Waals surface area (Å²) in [6.07, 6.45) is 1.99. The maximum absolute atomic E-state index is 13.3. The molecule has 1 amide bonds. The number of Topliss-reactive ketones (excluding diaryl/α,β-unsaturated/α-hetero) is 1. The van der Waals surface area contributed by atoms with Gasteiger partial charge in [0.2, 0.25) is 0 Å². The zero-order valence-electron chi connectivity index (χ0n) is 15.9. The molecular formula is C23H20ClFN2O2. The average Bonchev–Trinajstić information content (AvgIpc) is 2.69. The molecule has 1 heterocycles. The van der Waals surface area contributed by atoms with Gasteiger partial charge in [-0.1, -0.05) is 29.8 Å². The molecule has 0 saturated heterocycles. The number of rotatable bonds is 3. The zero-order valence-corrected chi connectivity index (χ0v) is 16.6. The smallest absolute Gasteiger partial charge is 0.254 e. The van der Waals surface area contributed by atoms with Gasteiger partial charge in [-0.05, 0) is 55.7 Å². The van der Waals surface area contributed by atoms with E-state index in [0.29, 0.717) is 34.0 Å². The molecule has 2 aliphatic rings. The molecule has 1 unspecified atom stereocenters. The Kier molecular flexibility index (Phi) is 5.24. The fourth-order valence-corrected chi connectivity index (χ4v) is 4.28. The van der Waals surface area contributed by atoms with Gasteiger partial charge in [0.25, 0.3) is 5.91 Å². The van der Waals surface area contributed by atoms with Crippen LogP contribution in [0.4, 0.5) is 10.1 Å². The molecule has 0 spiro atoms. The second-order valence-electron chi connectivity index (χ2n) is 7.25. The normalized spacial score (nSPS) is 19.0. The summed E-state index contributed by atoms with van der Waals surface area (Å²) in [5.74, 6) is -1.25. The molecular weight excluding hydrogens is 391 g/mol. The summed E-state index contributed by atoms with van der Waals surface area (Å²) < 4.78 is 13.2. The van der Waals surface area contributed by atoms with Crippen molar-refractivity contribution in [1.29, 1.82) is 0 Å². The quantitative estimate of drug-likeness (QED) is 0.741. The van der Waals surface area contributed by atoms with E-state index in [1.165, 1.54) is 24.3 Å². The van der Waals surface area contributed by atoms with Crippen LogP contribution in [0.15, 0.2) is 71.1 Å². The lowest BCUT2D eigenvalue weighted by molar-refractivity contribution is -0.116. The third-order valence-electron chi connectivity index (χ3n) is 5.34. The number of carbonyl (C=O) groups excluding carboxylic acids is 2. The minimum atomic E-state index is -0.548. The summed E-state index contributed by atoms with van der Waals surface area (Å²) in [4.78, 5) is 26.1. The van der Waals surface area contributed by atoms with Crippen molar-refractivity contribution in [3.05, 3.63) is 87.5 Å². The number of carbonyl (C=O) groups is 2. The lowest BCUT2D eigenvalue weighted by Gasteiger charge is -2.34. The average molecular weight is 411 g/mol. The van der Waals surface area contributed by atoms with E-state index in [1.54, 1.807) is 6.07 Å². The van der Waals surface area contributed by atoms with Crippen LogP contribution in [-0.4, -0.2) is 11.7 Å². The second-order valence-corrected chi connectivity index (χ2v) is 7.66. The van der Waals surface area contributed by atoms with Gasteiger partial charge < -0.3 is 10.6 Å². The van der Waals surface area contributed by atoms with Gasteiger partial charge >= 0.3 is 0 Å². The maximum Gasteiger partial charge on any atom is 0.254 e. The predicted octanol–water partition coefficient (Wildman–Crippen LogP) is 5.09. The summed E-state index contributed by atoms with van der Waals surface area (Å²) in [6, 6.07) is 12.8. The van der Waals surface area contributed by atoms with Gasteiger partial charge in [0.1, 0.15) is 5.82 Å². The predicted molar refractivity (Wildman–Crippen MR) is 111 cm³/mol. The summed E-state index contributed by atoms with van der Waals surface area (Å²) in [6.45, 7) is 1.83. The van der Waals surface area contributed by atoms with Gasteiger partial charge in [0, 0.05) is 45.6 Å². The van der Waals surface area contributed by atoms with E-state index in [2.05, 4.69) is 10.6 Å². The molecule has 2 aromatic carbocycles. The number of hydrogen-bond acceptors (Lipinski definition) is 3. The van der Waals surface area contributed by atoms with Crippen LogP contribution in [0.5, 0.6) is 0 Å². The molecule has 4 rings (SSSR count). The molecule has 1 aliphatic carbocycles. The van der Waals surface area contributed by atoms with Crippen LogP contribution >= 0.6 is 11.6 Å². The zero-order chi connectivity index (χ0) is 20.5. The number of dihydropyridines is 1. The third kappa shape index (κ3) is 3.70. The number of amides is 1. The first-order valence-corrected chi connectivity index (χ1v) is 9.89. The number of benzene rings is 2. The Morgan fingerprint density at radius 3 is 2.59 bits per heavy atom. The Balaban J connectivity index is 1.80. The number of anilines is 1. The minimum absolute atomic E-state index is 0.0308. The monoisotopic (exact) mass is 410 g/mol. The fraction of sp³-hybridized carbons (Fsp3) is 0.217. The Morgan fingerprint density at radius 2 is 1.86 bits per heavy atom. The highest BCUT2D eigenvalue weighted by molar-refractivity contribution is 6.31. The number of allylic oxidation sites excluding steroid dienone is 3. The van der Waals surface area contributed by atoms with E-state index in [0.717, 1.165) is 24.1 Å². The molecule has 0 bridgehead atoms. The Labute approximate surface area is 173 Å². The molecule has 148 valence electrons. The molecule has 6 heteroatoms. The van der Waals surface area contributed by atoms with Crippen LogP contribution in [0, 0.1) is 5.82 Å². The van der Waals surface area contributed by atoms with Gasteiger partial charge in [-0.15, -0.1) is 0 Å². The molecule has 2 N–H and O–H groups in total. The van der Waals surface area contributed by atoms with Gasteiger partial charge in [-0.2, -0.15) is 0 Å². The van der Waals surface area contributed by atoms with Crippen LogP contribution in [0.25, 0.3) is 0 Å². The van der Waals surface area contributed by atoms with Gasteiger partial charge in [0.05, 0.1) is 0 Å². The van der Waals surface area contributed by atoms with Crippen LogP contribution in [0.1, 0.15) is 37.7 Å². The molecule has 0 fully saturated rings. The van der Waals surface area contributed by atoms with E-state index in [9.17, 15) is 14.0 Å². The van der Waals surface area contributed by atoms with Gasteiger partial charge in [-0.3, -0.25) is 9.59 Å². The molecule has 0 aromatic heterocycles. The van der Waals surface area contributed by atoms with Crippen molar-refractivity contribution < 1.29 is 14.0 Å². The highest BCUT2D eigenvalue weighted by atomic mass is 35.5. The first-order chi connectivity index (χ1) is 14.0. The number of hydrogen-bond donors (Lipinski definition) is 2. The van der Waals surface area contributed by atoms with Crippen molar-refractivity contribution >= 4 is 29.0 Å². The minimum Gasteiger partial charge on any atom is -0.362 e. The van der Waals surface area contributed by atoms with Gasteiger partial charge in [-0.25, -0.2) is 4.39 Å². The number of halogens is 2. The summed E-state index contributed by atoms with van der Waals surface area (Å²) >= 11 is 6.48. The van der Waals surface area contributed by atoms with E-state index in [1.807, 2.05) is 25.1 Å². The SMILES string of the molecule is CC1=C(C(=O)Nc2ccc(F)cc2)C(c2ccccc2Cl)C2=C(CCCC2=O)N1. The number of ketones is 1. The summed E-state index contributed by atoms with van der Waals surface area (Å²) in [5.41, 5.74) is 3.80. The molecule has 0 saturated carbocycles. The lowest BCUT2D eigenvalue weighted by Crippen LogP contribution is -2.35. The molecule has 1 atom stereocenters. The Morgan fingerprint density at radius 1 is 1.14 bits per heavy atom. The van der Waals surface area contributed by atoms with Crippen LogP contribution in [-0.2, 0) is 9.59 Å². The Bertz CT molecular complexity index is 1060. The first kappa shape index (κ1) is 19.4. The molecule has 1 aliphatic heterocycles. The van der Waals surface area contributed by atoms with Crippen molar-refractivity contribution in [2.24, 2.45) is 0 Å². The van der Waals surface area contributed by atoms with Crippen LogP contribution in [0.2, 0.25) is 5.02 Å². The van der Waals surface area contributed by atoms with E-state index >= 15 is 0 Å². The lowest BCUT2D eigenvalue weighted by atomic mass is 9.75. The Hall–Kier alpha value is -2.92. The molecule has 0 radical (unpaired) electrons.